The summed E-state index contributed by atoms with van der Waals surface area (Å²) in [5, 5.41) is 13.6. The zero-order chi connectivity index (χ0) is 21.5. The van der Waals surface area contributed by atoms with E-state index in [9.17, 15) is 0 Å². The van der Waals surface area contributed by atoms with E-state index in [1.54, 1.807) is 0 Å². The number of rotatable bonds is 4. The van der Waals surface area contributed by atoms with E-state index in [-0.39, 0.29) is 6.23 Å². The lowest BCUT2D eigenvalue weighted by molar-refractivity contribution is -0.0396. The van der Waals surface area contributed by atoms with Crippen molar-refractivity contribution in [2.75, 3.05) is 42.6 Å². The number of aryl methyl sites for hydroxylation is 1. The Morgan fingerprint density at radius 1 is 0.938 bits per heavy atom. The molecule has 32 heavy (non-hydrogen) atoms. The summed E-state index contributed by atoms with van der Waals surface area (Å²) in [5.41, 5.74) is 4.47. The van der Waals surface area contributed by atoms with E-state index >= 15 is 0 Å². The Balaban J connectivity index is 1.15. The lowest BCUT2D eigenvalue weighted by Crippen LogP contribution is -2.47. The number of ether oxygens (including phenoxy) is 1. The highest BCUT2D eigenvalue weighted by Gasteiger charge is 2.24. The summed E-state index contributed by atoms with van der Waals surface area (Å²) in [6, 6.07) is 4.28. The van der Waals surface area contributed by atoms with E-state index in [0.717, 1.165) is 73.9 Å². The van der Waals surface area contributed by atoms with E-state index in [4.69, 9.17) is 9.84 Å². The second kappa shape index (κ2) is 7.94. The first kappa shape index (κ1) is 19.3. The van der Waals surface area contributed by atoms with Gasteiger partial charge >= 0.3 is 0 Å². The monoisotopic (exact) mass is 433 g/mol. The van der Waals surface area contributed by atoms with E-state index < -0.39 is 0 Å². The van der Waals surface area contributed by atoms with Crippen molar-refractivity contribution in [1.82, 2.24) is 34.2 Å². The third-order valence-corrected chi connectivity index (χ3v) is 6.38. The summed E-state index contributed by atoms with van der Waals surface area (Å²) >= 11 is 0. The number of hydrogen-bond donors (Lipinski definition) is 0. The Kier molecular flexibility index (Phi) is 4.79. The molecule has 6 heterocycles. The first-order chi connectivity index (χ1) is 15.7. The maximum atomic E-state index is 5.83. The molecule has 2 aliphatic heterocycles. The maximum Gasteiger partial charge on any atom is 0.244 e. The van der Waals surface area contributed by atoms with Crippen molar-refractivity contribution in [3.63, 3.8) is 0 Å². The van der Waals surface area contributed by atoms with Gasteiger partial charge < -0.3 is 14.5 Å². The van der Waals surface area contributed by atoms with Crippen molar-refractivity contribution in [3.05, 3.63) is 43.2 Å². The van der Waals surface area contributed by atoms with E-state index in [1.807, 2.05) is 45.8 Å². The Bertz CT molecular complexity index is 1210. The van der Waals surface area contributed by atoms with Crippen LogP contribution >= 0.6 is 0 Å². The molecule has 4 aromatic rings. The molecule has 10 nitrogen and oxygen atoms in total. The molecule has 0 aliphatic carbocycles. The molecule has 2 aliphatic rings. The fraction of sp³-hybridized carbons (Fsp3) is 0.455. The minimum atomic E-state index is 0.0293. The predicted octanol–water partition coefficient (Wildman–Crippen LogP) is 2.35. The van der Waals surface area contributed by atoms with Gasteiger partial charge in [-0.15, -0.1) is 5.10 Å². The molecule has 10 heteroatoms. The van der Waals surface area contributed by atoms with Crippen LogP contribution in [0.1, 0.15) is 25.5 Å². The van der Waals surface area contributed by atoms with Gasteiger partial charge in [0.1, 0.15) is 6.33 Å². The summed E-state index contributed by atoms with van der Waals surface area (Å²) < 4.78 is 11.5. The van der Waals surface area contributed by atoms with Crippen LogP contribution in [-0.2, 0) is 11.8 Å². The Labute approximate surface area is 186 Å². The lowest BCUT2D eigenvalue weighted by atomic mass is 10.1. The highest BCUT2D eigenvalue weighted by atomic mass is 16.5. The van der Waals surface area contributed by atoms with Gasteiger partial charge in [0.25, 0.3) is 0 Å². The second-order valence-corrected chi connectivity index (χ2v) is 8.50. The molecule has 0 saturated carbocycles. The van der Waals surface area contributed by atoms with E-state index in [0.29, 0.717) is 0 Å². The molecule has 0 spiro atoms. The van der Waals surface area contributed by atoms with Gasteiger partial charge in [-0.25, -0.2) is 14.2 Å². The summed E-state index contributed by atoms with van der Waals surface area (Å²) in [6.07, 6.45) is 13.1. The molecular weight excluding hydrogens is 406 g/mol. The van der Waals surface area contributed by atoms with E-state index in [1.165, 1.54) is 6.42 Å². The normalized spacial score (nSPS) is 19.7. The van der Waals surface area contributed by atoms with Gasteiger partial charge in [-0.1, -0.05) is 6.07 Å². The molecule has 166 valence electrons. The van der Waals surface area contributed by atoms with Gasteiger partial charge in [0, 0.05) is 63.4 Å². The molecule has 2 fully saturated rings. The zero-order valence-electron chi connectivity index (χ0n) is 18.2. The van der Waals surface area contributed by atoms with Crippen LogP contribution in [0.3, 0.4) is 0 Å². The smallest absolute Gasteiger partial charge is 0.244 e. The van der Waals surface area contributed by atoms with Crippen molar-refractivity contribution < 1.29 is 4.74 Å². The van der Waals surface area contributed by atoms with Gasteiger partial charge in [0.2, 0.25) is 5.95 Å². The van der Waals surface area contributed by atoms with Crippen molar-refractivity contribution in [2.24, 2.45) is 7.05 Å². The zero-order valence-corrected chi connectivity index (χ0v) is 18.2. The number of hydrogen-bond acceptors (Lipinski definition) is 7. The molecule has 0 N–H and O–H groups in total. The summed E-state index contributed by atoms with van der Waals surface area (Å²) in [7, 11) is 1.93. The Morgan fingerprint density at radius 3 is 2.59 bits per heavy atom. The fourth-order valence-electron chi connectivity index (χ4n) is 4.58. The molecule has 0 aromatic carbocycles. The summed E-state index contributed by atoms with van der Waals surface area (Å²) in [6.45, 7) is 4.36. The van der Waals surface area contributed by atoms with Crippen LogP contribution in [0.5, 0.6) is 0 Å². The molecule has 1 atom stereocenters. The largest absolute Gasteiger partial charge is 0.365 e. The number of pyridine rings is 1. The first-order valence-corrected chi connectivity index (χ1v) is 11.2. The highest BCUT2D eigenvalue weighted by molar-refractivity contribution is 5.75. The first-order valence-electron chi connectivity index (χ1n) is 11.2. The SMILES string of the molecule is Cn1cc(-c2ccc3c(N4CCN(c5ncn(C6CCCCO6)n5)CC4)cnn3c2)cn1. The minimum absolute atomic E-state index is 0.0293. The van der Waals surface area contributed by atoms with Crippen LogP contribution in [0.4, 0.5) is 11.6 Å². The molecular formula is C22H27N9O. The fourth-order valence-corrected chi connectivity index (χ4v) is 4.58. The topological polar surface area (TPSA) is 81.5 Å². The third kappa shape index (κ3) is 3.50. The minimum Gasteiger partial charge on any atom is -0.365 e. The maximum absolute atomic E-state index is 5.83. The van der Waals surface area contributed by atoms with Crippen LogP contribution < -0.4 is 9.80 Å². The Morgan fingerprint density at radius 2 is 1.81 bits per heavy atom. The third-order valence-electron chi connectivity index (χ3n) is 6.38. The number of aromatic nitrogens is 7. The van der Waals surface area contributed by atoms with Crippen molar-refractivity contribution in [2.45, 2.75) is 25.5 Å². The number of nitrogens with zero attached hydrogens (tertiary/aromatic N) is 9. The number of piperazine rings is 1. The second-order valence-electron chi connectivity index (χ2n) is 8.50. The van der Waals surface area contributed by atoms with Crippen LogP contribution in [0.2, 0.25) is 0 Å². The van der Waals surface area contributed by atoms with Crippen LogP contribution in [0.25, 0.3) is 16.6 Å². The van der Waals surface area contributed by atoms with Gasteiger partial charge in [0.15, 0.2) is 6.23 Å². The van der Waals surface area contributed by atoms with E-state index in [2.05, 4.69) is 43.3 Å². The van der Waals surface area contributed by atoms with Crippen LogP contribution in [0, 0.1) is 0 Å². The quantitative estimate of drug-likeness (QED) is 0.489. The number of anilines is 2. The average Bonchev–Trinajstić information content (AvgIpc) is 3.59. The van der Waals surface area contributed by atoms with Gasteiger partial charge in [0.05, 0.1) is 23.6 Å². The summed E-state index contributed by atoms with van der Waals surface area (Å²) in [4.78, 5) is 9.19. The molecule has 2 saturated heterocycles. The van der Waals surface area contributed by atoms with Crippen molar-refractivity contribution in [1.29, 1.82) is 0 Å². The summed E-state index contributed by atoms with van der Waals surface area (Å²) in [5.74, 6) is 0.791. The van der Waals surface area contributed by atoms with Crippen LogP contribution in [0.15, 0.2) is 43.2 Å². The molecule has 0 radical (unpaired) electrons. The predicted molar refractivity (Wildman–Crippen MR) is 121 cm³/mol. The van der Waals surface area contributed by atoms with Gasteiger partial charge in [-0.05, 0) is 25.3 Å². The van der Waals surface area contributed by atoms with Gasteiger partial charge in [-0.2, -0.15) is 10.2 Å². The van der Waals surface area contributed by atoms with Gasteiger partial charge in [-0.3, -0.25) is 4.68 Å². The molecule has 6 rings (SSSR count). The lowest BCUT2D eigenvalue weighted by Gasteiger charge is -2.35. The van der Waals surface area contributed by atoms with Crippen molar-refractivity contribution >= 4 is 17.2 Å². The molecule has 0 bridgehead atoms. The molecule has 0 amide bonds. The van der Waals surface area contributed by atoms with Crippen LogP contribution in [-0.4, -0.2) is 66.9 Å². The standard InChI is InChI=1S/C22H27N9O/c1-27-14-18(12-24-27)17-5-6-19-20(13-25-30(19)15-17)28-7-9-29(10-8-28)22-23-16-31(26-22)21-4-2-3-11-32-21/h5-6,12-16,21H,2-4,7-11H2,1H3. The molecule has 1 unspecified atom stereocenters. The number of fused-ring (bicyclic) bond motifs is 1. The molecule has 4 aromatic heterocycles. The Hall–Kier alpha value is -3.40. The highest BCUT2D eigenvalue weighted by Crippen LogP contribution is 2.27. The average molecular weight is 434 g/mol. The van der Waals surface area contributed by atoms with Crippen molar-refractivity contribution in [3.8, 4) is 11.1 Å².